The Kier molecular flexibility index (Phi) is 6.56. The molecule has 0 aliphatic carbocycles. The van der Waals surface area contributed by atoms with Crippen LogP contribution in [0.25, 0.3) is 44.8 Å². The Balaban J connectivity index is 0.00000294. The molecule has 3 aromatic heterocycles. The molecule has 0 aliphatic heterocycles. The van der Waals surface area contributed by atoms with E-state index in [9.17, 15) is 8.78 Å². The molecule has 0 amide bonds. The molecule has 0 atom stereocenters. The molecule has 6 aromatic rings. The summed E-state index contributed by atoms with van der Waals surface area (Å²) >= 11 is 0. The maximum absolute atomic E-state index is 14.8. The monoisotopic (exact) mass is 685 g/mol. The quantitative estimate of drug-likeness (QED) is 0.188. The van der Waals surface area contributed by atoms with Gasteiger partial charge >= 0.3 is 21.1 Å². The number of hydrogen-bond donors (Lipinski definition) is 0. The Morgan fingerprint density at radius 2 is 1.53 bits per heavy atom. The van der Waals surface area contributed by atoms with Crippen molar-refractivity contribution < 1.29 is 29.8 Å². The van der Waals surface area contributed by atoms with Crippen LogP contribution in [-0.2, 0) is 40.6 Å². The van der Waals surface area contributed by atoms with Crippen molar-refractivity contribution in [2.24, 2.45) is 14.1 Å². The van der Waals surface area contributed by atoms with Gasteiger partial charge in [0.05, 0.1) is 16.7 Å². The minimum absolute atomic E-state index is 0. The van der Waals surface area contributed by atoms with E-state index in [-0.39, 0.29) is 21.1 Å². The Bertz CT molecular complexity index is 1820. The van der Waals surface area contributed by atoms with Gasteiger partial charge in [-0.2, -0.15) is 6.07 Å². The van der Waals surface area contributed by atoms with Crippen LogP contribution in [0.5, 0.6) is 0 Å². The number of halogens is 2. The Morgan fingerprint density at radius 1 is 0.816 bits per heavy atom. The van der Waals surface area contributed by atoms with Crippen molar-refractivity contribution in [3.05, 3.63) is 108 Å². The first-order valence-electron chi connectivity index (χ1n) is 12.0. The molecule has 0 saturated carbocycles. The predicted octanol–water partition coefficient (Wildman–Crippen LogP) is 7.00. The van der Waals surface area contributed by atoms with Crippen LogP contribution in [0.4, 0.5) is 8.78 Å². The number of aromatic nitrogens is 4. The summed E-state index contributed by atoms with van der Waals surface area (Å²) < 4.78 is 32.5. The fraction of sp³-hybridized carbons (Fsp3) is 0.161. The summed E-state index contributed by atoms with van der Waals surface area (Å²) in [5, 5.41) is 0.858. The van der Waals surface area contributed by atoms with Gasteiger partial charge in [-0.25, -0.2) is 4.98 Å². The van der Waals surface area contributed by atoms with E-state index < -0.39 is 17.0 Å². The van der Waals surface area contributed by atoms with Crippen molar-refractivity contribution >= 4 is 21.9 Å². The maximum atomic E-state index is 14.8. The molecular formula is C31H24F2N4Pt. The Hall–Kier alpha value is -3.63. The van der Waals surface area contributed by atoms with Crippen LogP contribution in [0.2, 0.25) is 0 Å². The summed E-state index contributed by atoms with van der Waals surface area (Å²) in [6.45, 7) is 3.83. The molecule has 3 heterocycles. The number of rotatable bonds is 4. The van der Waals surface area contributed by atoms with E-state index in [4.69, 9.17) is 9.97 Å². The first-order valence-corrected chi connectivity index (χ1v) is 12.0. The van der Waals surface area contributed by atoms with Crippen LogP contribution in [0.1, 0.15) is 25.0 Å². The second-order valence-electron chi connectivity index (χ2n) is 9.79. The van der Waals surface area contributed by atoms with Gasteiger partial charge in [-0.15, -0.1) is 40.8 Å². The molecule has 0 unspecified atom stereocenters. The normalized spacial score (nSPS) is 11.7. The summed E-state index contributed by atoms with van der Waals surface area (Å²) in [7, 11) is 3.96. The van der Waals surface area contributed by atoms with Crippen LogP contribution < -0.4 is 0 Å². The second kappa shape index (κ2) is 9.59. The van der Waals surface area contributed by atoms with Crippen molar-refractivity contribution in [1.29, 1.82) is 0 Å². The molecule has 7 heteroatoms. The summed E-state index contributed by atoms with van der Waals surface area (Å²) in [4.78, 5) is 9.75. The number of hydrogen-bond acceptors (Lipinski definition) is 2. The van der Waals surface area contributed by atoms with E-state index in [2.05, 4.69) is 12.1 Å². The van der Waals surface area contributed by atoms with Gasteiger partial charge in [0.1, 0.15) is 0 Å². The molecule has 0 spiro atoms. The third kappa shape index (κ3) is 4.08. The number of imidazole rings is 1. The topological polar surface area (TPSA) is 35.6 Å². The largest absolute Gasteiger partial charge is 2.00 e. The van der Waals surface area contributed by atoms with Gasteiger partial charge in [-0.1, -0.05) is 50.2 Å². The van der Waals surface area contributed by atoms with Gasteiger partial charge in [0.2, 0.25) is 0 Å². The molecule has 0 N–H and O–H groups in total. The average molecular weight is 686 g/mol. The Morgan fingerprint density at radius 3 is 2.29 bits per heavy atom. The minimum Gasteiger partial charge on any atom is -0.397 e. The molecule has 0 saturated heterocycles. The first-order chi connectivity index (χ1) is 17.8. The standard InChI is InChI=1S/C31H24F2N4.Pt/c1-31(2,22-16-15-19(32)17-23(22)33)21-9-7-14-27-20(21)18-29(36(27)3)25-11-8-12-26(34-25)30-35-24-10-5-6-13-28(24)37(30)4;/h5-15,17H,1-4H3;/q-2;+2. The smallest absolute Gasteiger partial charge is 0.397 e. The predicted molar refractivity (Wildman–Crippen MR) is 142 cm³/mol. The van der Waals surface area contributed by atoms with Gasteiger partial charge in [0.25, 0.3) is 0 Å². The summed E-state index contributed by atoms with van der Waals surface area (Å²) in [6.07, 6.45) is 0. The van der Waals surface area contributed by atoms with Crippen LogP contribution >= 0.6 is 0 Å². The second-order valence-corrected chi connectivity index (χ2v) is 9.79. The zero-order chi connectivity index (χ0) is 25.9. The molecule has 6 rings (SSSR count). The molecule has 3 aromatic carbocycles. The van der Waals surface area contributed by atoms with Gasteiger partial charge in [0.15, 0.2) is 5.82 Å². The van der Waals surface area contributed by atoms with Crippen molar-refractivity contribution in [3.63, 3.8) is 0 Å². The average Bonchev–Trinajstić information content (AvgIpc) is 3.41. The molecule has 4 nitrogen and oxygen atoms in total. The van der Waals surface area contributed by atoms with Crippen molar-refractivity contribution in [3.8, 4) is 22.9 Å². The fourth-order valence-corrected chi connectivity index (χ4v) is 5.15. The van der Waals surface area contributed by atoms with E-state index in [1.54, 1.807) is 0 Å². The van der Waals surface area contributed by atoms with Gasteiger partial charge in [0, 0.05) is 31.4 Å². The number of nitrogens with zero attached hydrogens (tertiary/aromatic N) is 4. The zero-order valence-electron chi connectivity index (χ0n) is 21.3. The molecule has 192 valence electrons. The van der Waals surface area contributed by atoms with Crippen molar-refractivity contribution in [2.45, 2.75) is 19.3 Å². The van der Waals surface area contributed by atoms with Crippen molar-refractivity contribution in [2.75, 3.05) is 0 Å². The molecule has 0 fully saturated rings. The number of para-hydroxylation sites is 2. The summed E-state index contributed by atoms with van der Waals surface area (Å²) in [5.41, 5.74) is 5.64. The van der Waals surface area contributed by atoms with E-state index in [0.29, 0.717) is 5.56 Å². The van der Waals surface area contributed by atoms with Crippen molar-refractivity contribution in [1.82, 2.24) is 19.1 Å². The summed E-state index contributed by atoms with van der Waals surface area (Å²) in [5.74, 6) is -0.476. The minimum atomic E-state index is -0.769. The van der Waals surface area contributed by atoms with Gasteiger partial charge in [-0.05, 0) is 34.8 Å². The van der Waals surface area contributed by atoms with Crippen LogP contribution in [0.3, 0.4) is 0 Å². The molecule has 38 heavy (non-hydrogen) atoms. The van der Waals surface area contributed by atoms with E-state index in [1.807, 2.05) is 97.7 Å². The molecule has 0 radical (unpaired) electrons. The first kappa shape index (κ1) is 26.0. The third-order valence-electron chi connectivity index (χ3n) is 7.15. The van der Waals surface area contributed by atoms with Crippen LogP contribution in [0, 0.1) is 23.8 Å². The number of fused-ring (bicyclic) bond motifs is 2. The van der Waals surface area contributed by atoms with E-state index in [0.717, 1.165) is 56.5 Å². The number of benzene rings is 3. The van der Waals surface area contributed by atoms with Gasteiger partial charge in [-0.3, -0.25) is 13.8 Å². The maximum Gasteiger partial charge on any atom is 2.00 e. The number of aryl methyl sites for hydroxylation is 2. The summed E-state index contributed by atoms with van der Waals surface area (Å²) in [6, 6.07) is 28.2. The van der Waals surface area contributed by atoms with E-state index in [1.165, 1.54) is 6.07 Å². The van der Waals surface area contributed by atoms with Crippen LogP contribution in [-0.4, -0.2) is 19.1 Å². The third-order valence-corrected chi connectivity index (χ3v) is 7.15. The van der Waals surface area contributed by atoms with Crippen LogP contribution in [0.15, 0.2) is 72.8 Å². The number of pyridine rings is 1. The Labute approximate surface area is 234 Å². The zero-order valence-corrected chi connectivity index (χ0v) is 23.6. The SMILES string of the molecule is Cn1c(-c2cccc(-c3[c-]c4c(C(C)(C)c5[c-]cc(F)cc5F)cccc4n3C)n2)nc2ccccc21.[Pt+2]. The molecule has 0 bridgehead atoms. The molecule has 0 aliphatic rings. The fourth-order valence-electron chi connectivity index (χ4n) is 5.15. The van der Waals surface area contributed by atoms with E-state index >= 15 is 0 Å². The molecular weight excluding hydrogens is 661 g/mol. The van der Waals surface area contributed by atoms with Gasteiger partial charge < -0.3 is 9.13 Å².